The van der Waals surface area contributed by atoms with Crippen molar-refractivity contribution in [1.82, 2.24) is 0 Å². The lowest BCUT2D eigenvalue weighted by molar-refractivity contribution is 0.0950. The van der Waals surface area contributed by atoms with Crippen LogP contribution < -0.4 is 0 Å². The van der Waals surface area contributed by atoms with Crippen molar-refractivity contribution in [2.45, 2.75) is 70.1 Å². The lowest BCUT2D eigenvalue weighted by Gasteiger charge is -2.31. The van der Waals surface area contributed by atoms with Gasteiger partial charge < -0.3 is 5.11 Å². The lowest BCUT2D eigenvalue weighted by atomic mass is 9.77. The fourth-order valence-corrected chi connectivity index (χ4v) is 3.21. The molecule has 0 bridgehead atoms. The number of halogens is 1. The molecule has 0 aromatic heterocycles. The Morgan fingerprint density at radius 3 is 1.80 bits per heavy atom. The van der Waals surface area contributed by atoms with E-state index >= 15 is 0 Å². The van der Waals surface area contributed by atoms with Crippen LogP contribution in [-0.4, -0.2) is 17.4 Å². The maximum Gasteiger partial charge on any atom is 0.100 e. The first-order valence-electron chi connectivity index (χ1n) is 6.56. The molecule has 0 aliphatic heterocycles. The van der Waals surface area contributed by atoms with Crippen LogP contribution in [0.1, 0.15) is 57.8 Å². The van der Waals surface area contributed by atoms with Crippen LogP contribution in [0.5, 0.6) is 0 Å². The number of hydrogen-bond acceptors (Lipinski definition) is 1. The summed E-state index contributed by atoms with van der Waals surface area (Å²) < 4.78 is 13.0. The summed E-state index contributed by atoms with van der Waals surface area (Å²) in [6, 6.07) is 0. The van der Waals surface area contributed by atoms with Crippen LogP contribution in [0.3, 0.4) is 0 Å². The summed E-state index contributed by atoms with van der Waals surface area (Å²) in [4.78, 5) is 0. The van der Waals surface area contributed by atoms with Crippen molar-refractivity contribution in [3.8, 4) is 0 Å². The van der Waals surface area contributed by atoms with Gasteiger partial charge in [-0.15, -0.1) is 0 Å². The quantitative estimate of drug-likeness (QED) is 0.746. The first-order valence-corrected chi connectivity index (χ1v) is 6.56. The fraction of sp³-hybridized carbons (Fsp3) is 1.00. The van der Waals surface area contributed by atoms with Gasteiger partial charge in [-0.05, 0) is 69.6 Å². The zero-order valence-electron chi connectivity index (χ0n) is 9.50. The van der Waals surface area contributed by atoms with Crippen LogP contribution >= 0.6 is 0 Å². The predicted molar refractivity (Wildman–Crippen MR) is 59.4 cm³/mol. The van der Waals surface area contributed by atoms with Crippen LogP contribution in [0.15, 0.2) is 0 Å². The Morgan fingerprint density at radius 2 is 1.27 bits per heavy atom. The summed E-state index contributed by atoms with van der Waals surface area (Å²) in [5.41, 5.74) is 0. The minimum Gasteiger partial charge on any atom is -0.393 e. The van der Waals surface area contributed by atoms with Crippen molar-refractivity contribution >= 4 is 0 Å². The zero-order chi connectivity index (χ0) is 10.7. The fourth-order valence-electron chi connectivity index (χ4n) is 3.21. The summed E-state index contributed by atoms with van der Waals surface area (Å²) in [6.45, 7) is 0. The smallest absolute Gasteiger partial charge is 0.100 e. The van der Waals surface area contributed by atoms with E-state index in [9.17, 15) is 9.50 Å². The molecule has 0 spiro atoms. The van der Waals surface area contributed by atoms with Crippen LogP contribution in [0.25, 0.3) is 0 Å². The second kappa shape index (κ2) is 5.29. The molecule has 2 rings (SSSR count). The highest BCUT2D eigenvalue weighted by Gasteiger charge is 2.25. The van der Waals surface area contributed by atoms with E-state index in [0.717, 1.165) is 50.4 Å². The molecule has 2 heteroatoms. The molecule has 15 heavy (non-hydrogen) atoms. The average molecular weight is 214 g/mol. The molecule has 0 amide bonds. The Bertz CT molecular complexity index is 159. The molecule has 0 heterocycles. The standard InChI is InChI=1S/C13H23FO/c14-12-5-1-10(2-6-12)9-11-3-7-13(15)8-4-11/h10-13,15H,1-9H2. The Balaban J connectivity index is 1.68. The van der Waals surface area contributed by atoms with E-state index in [1.807, 2.05) is 0 Å². The number of hydrogen-bond donors (Lipinski definition) is 1. The molecule has 88 valence electrons. The summed E-state index contributed by atoms with van der Waals surface area (Å²) in [6.07, 6.45) is 8.87. The minimum absolute atomic E-state index is 0.0390. The molecule has 2 saturated carbocycles. The Hall–Kier alpha value is -0.110. The third-order valence-electron chi connectivity index (χ3n) is 4.26. The topological polar surface area (TPSA) is 20.2 Å². The Kier molecular flexibility index (Phi) is 4.01. The van der Waals surface area contributed by atoms with Gasteiger partial charge in [-0.1, -0.05) is 0 Å². The molecule has 1 N–H and O–H groups in total. The first-order chi connectivity index (χ1) is 7.24. The second-order valence-corrected chi connectivity index (χ2v) is 5.53. The molecule has 0 saturated heterocycles. The Labute approximate surface area is 92.1 Å². The van der Waals surface area contributed by atoms with Crippen molar-refractivity contribution in [3.05, 3.63) is 0 Å². The van der Waals surface area contributed by atoms with E-state index in [1.165, 1.54) is 19.3 Å². The van der Waals surface area contributed by atoms with Gasteiger partial charge in [0.15, 0.2) is 0 Å². The molecule has 2 aliphatic carbocycles. The summed E-state index contributed by atoms with van der Waals surface area (Å²) in [5.74, 6) is 1.59. The summed E-state index contributed by atoms with van der Waals surface area (Å²) >= 11 is 0. The van der Waals surface area contributed by atoms with Crippen LogP contribution in [0.2, 0.25) is 0 Å². The van der Waals surface area contributed by atoms with Crippen LogP contribution in [0.4, 0.5) is 4.39 Å². The zero-order valence-corrected chi connectivity index (χ0v) is 9.50. The van der Waals surface area contributed by atoms with E-state index < -0.39 is 6.17 Å². The van der Waals surface area contributed by atoms with E-state index in [4.69, 9.17) is 0 Å². The minimum atomic E-state index is -0.519. The summed E-state index contributed by atoms with van der Waals surface area (Å²) in [5, 5.41) is 9.42. The second-order valence-electron chi connectivity index (χ2n) is 5.53. The molecule has 0 aromatic rings. The number of aliphatic hydroxyl groups is 1. The molecule has 0 radical (unpaired) electrons. The predicted octanol–water partition coefficient (Wildman–Crippen LogP) is 3.46. The van der Waals surface area contributed by atoms with Gasteiger partial charge in [-0.25, -0.2) is 4.39 Å². The van der Waals surface area contributed by atoms with Crippen LogP contribution in [-0.2, 0) is 0 Å². The normalized spacial score (nSPS) is 42.8. The van der Waals surface area contributed by atoms with Gasteiger partial charge in [0, 0.05) is 0 Å². The van der Waals surface area contributed by atoms with Gasteiger partial charge in [-0.3, -0.25) is 0 Å². The van der Waals surface area contributed by atoms with Crippen molar-refractivity contribution in [1.29, 1.82) is 0 Å². The van der Waals surface area contributed by atoms with E-state index in [2.05, 4.69) is 0 Å². The molecular formula is C13H23FO. The monoisotopic (exact) mass is 214 g/mol. The van der Waals surface area contributed by atoms with Gasteiger partial charge >= 0.3 is 0 Å². The van der Waals surface area contributed by atoms with Crippen molar-refractivity contribution in [2.24, 2.45) is 11.8 Å². The maximum atomic E-state index is 13.0. The summed E-state index contributed by atoms with van der Waals surface area (Å²) in [7, 11) is 0. The third kappa shape index (κ3) is 3.44. The highest BCUT2D eigenvalue weighted by molar-refractivity contribution is 4.78. The SMILES string of the molecule is OC1CCC(CC2CCC(F)CC2)CC1. The lowest BCUT2D eigenvalue weighted by Crippen LogP contribution is -2.22. The van der Waals surface area contributed by atoms with E-state index in [0.29, 0.717) is 0 Å². The number of alkyl halides is 1. The number of rotatable bonds is 2. The molecule has 0 atom stereocenters. The Morgan fingerprint density at radius 1 is 0.800 bits per heavy atom. The van der Waals surface area contributed by atoms with Gasteiger partial charge in [0.05, 0.1) is 6.10 Å². The van der Waals surface area contributed by atoms with Gasteiger partial charge in [0.2, 0.25) is 0 Å². The van der Waals surface area contributed by atoms with Crippen molar-refractivity contribution in [3.63, 3.8) is 0 Å². The molecule has 2 aliphatic rings. The molecule has 2 fully saturated rings. The van der Waals surface area contributed by atoms with Gasteiger partial charge in [0.1, 0.15) is 6.17 Å². The highest BCUT2D eigenvalue weighted by atomic mass is 19.1. The van der Waals surface area contributed by atoms with Gasteiger partial charge in [0.25, 0.3) is 0 Å². The molecule has 0 unspecified atom stereocenters. The third-order valence-corrected chi connectivity index (χ3v) is 4.26. The van der Waals surface area contributed by atoms with E-state index in [-0.39, 0.29) is 6.10 Å². The molecular weight excluding hydrogens is 191 g/mol. The van der Waals surface area contributed by atoms with Crippen LogP contribution in [0, 0.1) is 11.8 Å². The average Bonchev–Trinajstić information content (AvgIpc) is 2.25. The maximum absolute atomic E-state index is 13.0. The molecule has 1 nitrogen and oxygen atoms in total. The van der Waals surface area contributed by atoms with Crippen molar-refractivity contribution < 1.29 is 9.50 Å². The highest BCUT2D eigenvalue weighted by Crippen LogP contribution is 2.35. The van der Waals surface area contributed by atoms with Gasteiger partial charge in [-0.2, -0.15) is 0 Å². The largest absolute Gasteiger partial charge is 0.393 e. The first kappa shape index (κ1) is 11.4. The van der Waals surface area contributed by atoms with E-state index in [1.54, 1.807) is 0 Å². The van der Waals surface area contributed by atoms with Crippen molar-refractivity contribution in [2.75, 3.05) is 0 Å². The molecule has 0 aromatic carbocycles. The number of aliphatic hydroxyl groups excluding tert-OH is 1.